The zero-order valence-corrected chi connectivity index (χ0v) is 16.5. The summed E-state index contributed by atoms with van der Waals surface area (Å²) in [6.07, 6.45) is 9.04. The topological polar surface area (TPSA) is 121 Å². The van der Waals surface area contributed by atoms with Crippen LogP contribution in [0.3, 0.4) is 0 Å². The Morgan fingerprint density at radius 3 is 2.71 bits per heavy atom. The molecule has 2 amide bonds. The van der Waals surface area contributed by atoms with Gasteiger partial charge in [0, 0.05) is 44.8 Å². The van der Waals surface area contributed by atoms with Crippen molar-refractivity contribution >= 4 is 17.6 Å². The fourth-order valence-electron chi connectivity index (χ4n) is 2.78. The van der Waals surface area contributed by atoms with E-state index in [1.165, 1.54) is 0 Å². The number of aryl methyl sites for hydroxylation is 1. The van der Waals surface area contributed by atoms with Gasteiger partial charge in [-0.25, -0.2) is 0 Å². The molecular weight excluding hydrogens is 360 g/mol. The Morgan fingerprint density at radius 2 is 2.11 bits per heavy atom. The molecule has 0 bridgehead atoms. The van der Waals surface area contributed by atoms with E-state index in [2.05, 4.69) is 37.3 Å². The van der Waals surface area contributed by atoms with Crippen molar-refractivity contribution in [3.8, 4) is 12.3 Å². The maximum atomic E-state index is 12.4. The number of terminal acetylenes is 1. The van der Waals surface area contributed by atoms with E-state index in [9.17, 15) is 9.59 Å². The molecule has 0 aliphatic carbocycles. The summed E-state index contributed by atoms with van der Waals surface area (Å²) >= 11 is 0. The molecule has 152 valence electrons. The van der Waals surface area contributed by atoms with Crippen LogP contribution in [0.2, 0.25) is 0 Å². The van der Waals surface area contributed by atoms with Crippen molar-refractivity contribution in [3.63, 3.8) is 0 Å². The Balaban J connectivity index is 1.67. The normalized spacial score (nSPS) is 14.9. The van der Waals surface area contributed by atoms with Gasteiger partial charge in [0.2, 0.25) is 11.8 Å². The van der Waals surface area contributed by atoms with Crippen molar-refractivity contribution in [3.05, 3.63) is 11.8 Å². The van der Waals surface area contributed by atoms with Crippen LogP contribution < -0.4 is 16.0 Å². The van der Waals surface area contributed by atoms with Crippen molar-refractivity contribution in [1.82, 2.24) is 15.8 Å². The quantitative estimate of drug-likeness (QED) is 0.447. The molecule has 3 N–H and O–H groups in total. The van der Waals surface area contributed by atoms with Crippen LogP contribution in [0.1, 0.15) is 51.2 Å². The molecule has 1 atom stereocenters. The van der Waals surface area contributed by atoms with E-state index in [0.717, 1.165) is 12.8 Å². The number of anilines is 1. The first-order chi connectivity index (χ1) is 13.5. The zero-order chi connectivity index (χ0) is 20.4. The van der Waals surface area contributed by atoms with Gasteiger partial charge >= 0.3 is 0 Å². The smallest absolute Gasteiger partial charge is 0.237 e. The van der Waals surface area contributed by atoms with Gasteiger partial charge in [-0.15, -0.1) is 12.3 Å². The molecule has 0 saturated carbocycles. The van der Waals surface area contributed by atoms with Crippen LogP contribution in [0, 0.1) is 19.3 Å². The van der Waals surface area contributed by atoms with Crippen LogP contribution in [0.15, 0.2) is 20.8 Å². The molecule has 2 rings (SSSR count). The number of carbonyl (C=O) groups is 2. The van der Waals surface area contributed by atoms with E-state index >= 15 is 0 Å². The average molecular weight is 388 g/mol. The van der Waals surface area contributed by atoms with Gasteiger partial charge in [-0.05, 0) is 13.3 Å². The molecule has 0 saturated heterocycles. The summed E-state index contributed by atoms with van der Waals surface area (Å²) in [4.78, 5) is 24.4. The highest BCUT2D eigenvalue weighted by atomic mass is 16.5. The van der Waals surface area contributed by atoms with Crippen molar-refractivity contribution in [2.75, 3.05) is 18.4 Å². The molecule has 1 aromatic heterocycles. The molecule has 2 heterocycles. The summed E-state index contributed by atoms with van der Waals surface area (Å²) in [5, 5.41) is 20.6. The maximum Gasteiger partial charge on any atom is 0.237 e. The summed E-state index contributed by atoms with van der Waals surface area (Å²) in [5.41, 5.74) is -0.398. The highest BCUT2D eigenvalue weighted by Crippen LogP contribution is 2.35. The van der Waals surface area contributed by atoms with Crippen molar-refractivity contribution in [2.45, 2.75) is 64.1 Å². The zero-order valence-electron chi connectivity index (χ0n) is 16.5. The highest BCUT2D eigenvalue weighted by Gasteiger charge is 2.38. The van der Waals surface area contributed by atoms with E-state index in [1.807, 2.05) is 6.92 Å². The number of nitrogens with zero attached hydrogens (tertiary/aromatic N) is 3. The first-order valence-corrected chi connectivity index (χ1v) is 9.60. The fraction of sp³-hybridized carbons (Fsp3) is 0.632. The molecular formula is C19H28N6O3. The summed E-state index contributed by atoms with van der Waals surface area (Å²) in [6, 6.07) is 1.30. The van der Waals surface area contributed by atoms with Crippen LogP contribution in [-0.2, 0) is 9.59 Å². The van der Waals surface area contributed by atoms with Crippen LogP contribution in [0.4, 0.5) is 5.82 Å². The Kier molecular flexibility index (Phi) is 8.14. The van der Waals surface area contributed by atoms with Gasteiger partial charge in [-0.3, -0.25) is 9.59 Å². The second-order valence-corrected chi connectivity index (χ2v) is 6.84. The molecule has 1 aromatic rings. The molecule has 0 radical (unpaired) electrons. The number of carbonyl (C=O) groups excluding carboxylic acids is 2. The summed E-state index contributed by atoms with van der Waals surface area (Å²) in [6.45, 7) is 4.64. The third-order valence-electron chi connectivity index (χ3n) is 4.41. The van der Waals surface area contributed by atoms with E-state index < -0.39 is 5.66 Å². The van der Waals surface area contributed by atoms with E-state index in [0.29, 0.717) is 43.9 Å². The number of hydrogen-bond donors (Lipinski definition) is 3. The molecule has 1 aliphatic heterocycles. The molecule has 0 aromatic carbocycles. The van der Waals surface area contributed by atoms with Crippen molar-refractivity contribution in [1.29, 1.82) is 0 Å². The highest BCUT2D eigenvalue weighted by molar-refractivity contribution is 5.89. The molecule has 9 heteroatoms. The number of rotatable bonds is 13. The van der Waals surface area contributed by atoms with Gasteiger partial charge in [0.25, 0.3) is 0 Å². The van der Waals surface area contributed by atoms with Gasteiger partial charge in [-0.1, -0.05) is 18.5 Å². The number of amides is 2. The Morgan fingerprint density at radius 1 is 1.32 bits per heavy atom. The third kappa shape index (κ3) is 7.12. The molecule has 1 aliphatic rings. The van der Waals surface area contributed by atoms with Crippen LogP contribution in [0.5, 0.6) is 0 Å². The monoisotopic (exact) mass is 388 g/mol. The molecule has 28 heavy (non-hydrogen) atoms. The predicted molar refractivity (Wildman–Crippen MR) is 104 cm³/mol. The van der Waals surface area contributed by atoms with Crippen LogP contribution in [-0.4, -0.2) is 41.8 Å². The van der Waals surface area contributed by atoms with Crippen LogP contribution >= 0.6 is 0 Å². The van der Waals surface area contributed by atoms with Gasteiger partial charge in [0.15, 0.2) is 11.5 Å². The van der Waals surface area contributed by atoms with Crippen LogP contribution in [0.25, 0.3) is 0 Å². The predicted octanol–water partition coefficient (Wildman–Crippen LogP) is 2.15. The maximum absolute atomic E-state index is 12.4. The Bertz CT molecular complexity index is 730. The van der Waals surface area contributed by atoms with E-state index in [1.54, 1.807) is 13.0 Å². The minimum Gasteiger partial charge on any atom is -0.360 e. The summed E-state index contributed by atoms with van der Waals surface area (Å²) in [5.74, 6) is 3.33. The molecule has 9 nitrogen and oxygen atoms in total. The van der Waals surface area contributed by atoms with Crippen molar-refractivity contribution in [2.24, 2.45) is 10.2 Å². The van der Waals surface area contributed by atoms with Gasteiger partial charge in [0.1, 0.15) is 5.76 Å². The lowest BCUT2D eigenvalue weighted by Gasteiger charge is -2.18. The minimum atomic E-state index is -0.398. The molecule has 0 spiro atoms. The third-order valence-corrected chi connectivity index (χ3v) is 4.41. The lowest BCUT2D eigenvalue weighted by Crippen LogP contribution is -2.45. The fourth-order valence-corrected chi connectivity index (χ4v) is 2.78. The van der Waals surface area contributed by atoms with E-state index in [4.69, 9.17) is 10.9 Å². The van der Waals surface area contributed by atoms with Gasteiger partial charge < -0.3 is 20.5 Å². The standard InChI is InChI=1S/C19H28N6O3/c1-4-6-9-19(24-25-19)10-12-21-18(27)15(7-5-2)20-11-8-17(26)22-16-13-14(3)28-23-16/h1,13,15,20H,5-12H2,2-3H3,(H,21,27)(H,22,23,26). The van der Waals surface area contributed by atoms with Gasteiger partial charge in [-0.2, -0.15) is 10.2 Å². The van der Waals surface area contributed by atoms with Gasteiger partial charge in [0.05, 0.1) is 6.04 Å². The lowest BCUT2D eigenvalue weighted by atomic mass is 10.0. The Labute approximate surface area is 165 Å². The Hall–Kier alpha value is -2.73. The molecule has 1 unspecified atom stereocenters. The summed E-state index contributed by atoms with van der Waals surface area (Å²) < 4.78 is 4.90. The number of nitrogens with one attached hydrogen (secondary N) is 3. The number of aromatic nitrogens is 1. The largest absolute Gasteiger partial charge is 0.360 e. The lowest BCUT2D eigenvalue weighted by molar-refractivity contribution is -0.123. The SMILES string of the molecule is C#CCCC1(CCNC(=O)C(CCC)NCCC(=O)Nc2cc(C)on2)N=N1. The van der Waals surface area contributed by atoms with Crippen molar-refractivity contribution < 1.29 is 14.1 Å². The number of hydrogen-bond acceptors (Lipinski definition) is 7. The second kappa shape index (κ2) is 10.6. The first-order valence-electron chi connectivity index (χ1n) is 9.60. The molecule has 0 fully saturated rings. The summed E-state index contributed by atoms with van der Waals surface area (Å²) in [7, 11) is 0. The van der Waals surface area contributed by atoms with E-state index in [-0.39, 0.29) is 24.3 Å². The average Bonchev–Trinajstić information content (AvgIpc) is 3.32. The minimum absolute atomic E-state index is 0.0814. The second-order valence-electron chi connectivity index (χ2n) is 6.84. The first kappa shape index (κ1) is 21.6.